The SMILES string of the molecule is C=CCNCCCNC/C=C/CNCCCNCCC.Cl.Cl.Cl.Cl. The van der Waals surface area contributed by atoms with Gasteiger partial charge in [-0.1, -0.05) is 25.2 Å². The van der Waals surface area contributed by atoms with Gasteiger partial charge in [-0.05, 0) is 52.0 Å². The van der Waals surface area contributed by atoms with E-state index in [1.54, 1.807) is 0 Å². The summed E-state index contributed by atoms with van der Waals surface area (Å²) in [6, 6.07) is 0. The fraction of sp³-hybridized carbons (Fsp3) is 0.750. The van der Waals surface area contributed by atoms with Crippen LogP contribution in [0.5, 0.6) is 0 Å². The van der Waals surface area contributed by atoms with Crippen LogP contribution in [0.2, 0.25) is 0 Å². The number of hydrogen-bond donors (Lipinski definition) is 4. The first kappa shape index (κ1) is 35.6. The topological polar surface area (TPSA) is 48.1 Å². The molecule has 0 aromatic carbocycles. The van der Waals surface area contributed by atoms with Crippen molar-refractivity contribution in [1.29, 1.82) is 0 Å². The van der Waals surface area contributed by atoms with E-state index >= 15 is 0 Å². The maximum atomic E-state index is 3.67. The van der Waals surface area contributed by atoms with E-state index in [9.17, 15) is 0 Å². The molecule has 0 bridgehead atoms. The van der Waals surface area contributed by atoms with Gasteiger partial charge in [-0.25, -0.2) is 0 Å². The lowest BCUT2D eigenvalue weighted by molar-refractivity contribution is 0.608. The Morgan fingerprint density at radius 2 is 1.04 bits per heavy atom. The third-order valence-electron chi connectivity index (χ3n) is 2.82. The summed E-state index contributed by atoms with van der Waals surface area (Å²) in [5.41, 5.74) is 0. The molecule has 0 aromatic rings. The Balaban J connectivity index is -0.000000301. The van der Waals surface area contributed by atoms with Gasteiger partial charge in [-0.15, -0.1) is 56.2 Å². The summed E-state index contributed by atoms with van der Waals surface area (Å²) in [6.45, 7) is 14.1. The molecule has 0 atom stereocenters. The molecule has 0 saturated carbocycles. The van der Waals surface area contributed by atoms with Crippen molar-refractivity contribution in [2.45, 2.75) is 26.2 Å². The molecule has 4 nitrogen and oxygen atoms in total. The molecule has 0 aliphatic rings. The van der Waals surface area contributed by atoms with Crippen LogP contribution in [0.15, 0.2) is 24.8 Å². The highest BCUT2D eigenvalue weighted by Gasteiger charge is 1.87. The van der Waals surface area contributed by atoms with Gasteiger partial charge in [0.2, 0.25) is 0 Å². The average Bonchev–Trinajstić information content (AvgIpc) is 2.47. The van der Waals surface area contributed by atoms with Gasteiger partial charge in [0.1, 0.15) is 0 Å². The lowest BCUT2D eigenvalue weighted by Crippen LogP contribution is -2.23. The fourth-order valence-corrected chi connectivity index (χ4v) is 1.72. The minimum Gasteiger partial charge on any atom is -0.317 e. The molecule has 8 heteroatoms. The Hall–Kier alpha value is 0.480. The van der Waals surface area contributed by atoms with Gasteiger partial charge in [0.15, 0.2) is 0 Å². The van der Waals surface area contributed by atoms with Gasteiger partial charge in [0, 0.05) is 19.6 Å². The maximum absolute atomic E-state index is 3.67. The van der Waals surface area contributed by atoms with E-state index in [0.29, 0.717) is 0 Å². The van der Waals surface area contributed by atoms with Crippen LogP contribution < -0.4 is 21.3 Å². The normalized spacial score (nSPS) is 9.38. The molecule has 0 radical (unpaired) electrons. The molecule has 0 aromatic heterocycles. The average molecular weight is 428 g/mol. The zero-order valence-electron chi connectivity index (χ0n) is 14.9. The minimum atomic E-state index is 0. The molecule has 0 fully saturated rings. The van der Waals surface area contributed by atoms with Crippen molar-refractivity contribution in [1.82, 2.24) is 21.3 Å². The van der Waals surface area contributed by atoms with E-state index in [1.165, 1.54) is 12.8 Å². The molecular weight excluding hydrogens is 390 g/mol. The van der Waals surface area contributed by atoms with Crippen molar-refractivity contribution in [3.05, 3.63) is 24.8 Å². The Kier molecular flexibility index (Phi) is 51.5. The fourth-order valence-electron chi connectivity index (χ4n) is 1.72. The lowest BCUT2D eigenvalue weighted by atomic mass is 10.4. The van der Waals surface area contributed by atoms with Crippen LogP contribution in [0.25, 0.3) is 0 Å². The van der Waals surface area contributed by atoms with Crippen molar-refractivity contribution in [3.8, 4) is 0 Å². The summed E-state index contributed by atoms with van der Waals surface area (Å²) < 4.78 is 0. The maximum Gasteiger partial charge on any atom is 0.0135 e. The van der Waals surface area contributed by atoms with E-state index in [1.807, 2.05) is 6.08 Å². The van der Waals surface area contributed by atoms with Gasteiger partial charge < -0.3 is 21.3 Å². The van der Waals surface area contributed by atoms with Crippen LogP contribution in [-0.4, -0.2) is 52.4 Å². The molecule has 24 heavy (non-hydrogen) atoms. The Labute approximate surface area is 174 Å². The number of hydrogen-bond acceptors (Lipinski definition) is 4. The summed E-state index contributed by atoms with van der Waals surface area (Å²) in [5.74, 6) is 0. The molecule has 0 saturated heterocycles. The molecule has 0 heterocycles. The highest BCUT2D eigenvalue weighted by atomic mass is 35.5. The zero-order chi connectivity index (χ0) is 14.7. The number of rotatable bonds is 16. The van der Waals surface area contributed by atoms with Gasteiger partial charge >= 0.3 is 0 Å². The second-order valence-electron chi connectivity index (χ2n) is 4.83. The van der Waals surface area contributed by atoms with Crippen molar-refractivity contribution in [2.75, 3.05) is 52.4 Å². The lowest BCUT2D eigenvalue weighted by Gasteiger charge is -2.04. The summed E-state index contributed by atoms with van der Waals surface area (Å²) >= 11 is 0. The molecule has 0 spiro atoms. The van der Waals surface area contributed by atoms with Crippen molar-refractivity contribution >= 4 is 49.6 Å². The third-order valence-corrected chi connectivity index (χ3v) is 2.82. The van der Waals surface area contributed by atoms with Gasteiger partial charge in [0.25, 0.3) is 0 Å². The van der Waals surface area contributed by atoms with Crippen LogP contribution >= 0.6 is 49.6 Å². The molecule has 0 rings (SSSR count). The van der Waals surface area contributed by atoms with E-state index in [0.717, 1.165) is 58.8 Å². The van der Waals surface area contributed by atoms with Crippen molar-refractivity contribution in [3.63, 3.8) is 0 Å². The first-order valence-electron chi connectivity index (χ1n) is 8.00. The first-order valence-corrected chi connectivity index (χ1v) is 8.00. The molecule has 150 valence electrons. The molecule has 0 aliphatic heterocycles. The largest absolute Gasteiger partial charge is 0.317 e. The van der Waals surface area contributed by atoms with Gasteiger partial charge in [0.05, 0.1) is 0 Å². The van der Waals surface area contributed by atoms with Crippen molar-refractivity contribution in [2.24, 2.45) is 0 Å². The van der Waals surface area contributed by atoms with Crippen LogP contribution in [0, 0.1) is 0 Å². The molecular formula is C16H38Cl4N4. The monoisotopic (exact) mass is 426 g/mol. The van der Waals surface area contributed by atoms with E-state index in [4.69, 9.17) is 0 Å². The summed E-state index contributed by atoms with van der Waals surface area (Å²) in [5, 5.41) is 13.5. The molecule has 0 amide bonds. The smallest absolute Gasteiger partial charge is 0.0135 e. The standard InChI is InChI=1S/C16H34N4.4ClH/c1-3-9-17-13-7-15-19-11-5-6-12-20-16-8-14-18-10-4-2;;;;/h3,5-6,17-20H,1,4,7-16H2,2H3;4*1H/b6-5+;;;;. The predicted molar refractivity (Wildman–Crippen MR) is 119 cm³/mol. The third kappa shape index (κ3) is 33.9. The predicted octanol–water partition coefficient (Wildman–Crippen LogP) is 2.96. The number of nitrogens with one attached hydrogen (secondary N) is 4. The Morgan fingerprint density at radius 1 is 0.625 bits per heavy atom. The van der Waals surface area contributed by atoms with E-state index in [-0.39, 0.29) is 49.6 Å². The van der Waals surface area contributed by atoms with Crippen LogP contribution in [0.4, 0.5) is 0 Å². The quantitative estimate of drug-likeness (QED) is 0.226. The summed E-state index contributed by atoms with van der Waals surface area (Å²) in [6.07, 6.45) is 9.85. The highest BCUT2D eigenvalue weighted by molar-refractivity contribution is 5.86. The van der Waals surface area contributed by atoms with E-state index < -0.39 is 0 Å². The Bertz CT molecular complexity index is 232. The van der Waals surface area contributed by atoms with E-state index in [2.05, 4.69) is 46.9 Å². The van der Waals surface area contributed by atoms with Crippen molar-refractivity contribution < 1.29 is 0 Å². The molecule has 0 aliphatic carbocycles. The van der Waals surface area contributed by atoms with Crippen LogP contribution in [0.1, 0.15) is 26.2 Å². The second-order valence-corrected chi connectivity index (χ2v) is 4.83. The van der Waals surface area contributed by atoms with Crippen LogP contribution in [0.3, 0.4) is 0 Å². The van der Waals surface area contributed by atoms with Crippen LogP contribution in [-0.2, 0) is 0 Å². The van der Waals surface area contributed by atoms with Gasteiger partial charge in [-0.2, -0.15) is 0 Å². The second kappa shape index (κ2) is 34.7. The summed E-state index contributed by atoms with van der Waals surface area (Å²) in [4.78, 5) is 0. The minimum absolute atomic E-state index is 0. The summed E-state index contributed by atoms with van der Waals surface area (Å²) in [7, 11) is 0. The zero-order valence-corrected chi connectivity index (χ0v) is 18.1. The van der Waals surface area contributed by atoms with Gasteiger partial charge in [-0.3, -0.25) is 0 Å². The highest BCUT2D eigenvalue weighted by Crippen LogP contribution is 1.77. The Morgan fingerprint density at radius 3 is 1.46 bits per heavy atom. The molecule has 0 unspecified atom stereocenters. The number of halogens is 4. The first-order chi connectivity index (χ1) is 9.91. The molecule has 4 N–H and O–H groups in total.